The van der Waals surface area contributed by atoms with Crippen molar-refractivity contribution in [2.45, 2.75) is 24.9 Å². The second-order valence-corrected chi connectivity index (χ2v) is 7.11. The number of anilines is 1. The van der Waals surface area contributed by atoms with Crippen LogP contribution in [-0.4, -0.2) is 52.3 Å². The molecule has 9 heteroatoms. The number of carbonyl (C=O) groups is 2. The molecule has 0 aromatic carbocycles. The maximum Gasteiger partial charge on any atom is 0.321 e. The molecule has 130 valence electrons. The summed E-state index contributed by atoms with van der Waals surface area (Å²) in [7, 11) is 0. The lowest BCUT2D eigenvalue weighted by Gasteiger charge is -2.24. The average Bonchev–Trinajstić information content (AvgIpc) is 3.07. The highest BCUT2D eigenvalue weighted by atomic mass is 19.1. The van der Waals surface area contributed by atoms with Crippen LogP contribution >= 0.6 is 0 Å². The van der Waals surface area contributed by atoms with Gasteiger partial charge in [-0.2, -0.15) is 5.10 Å². The van der Waals surface area contributed by atoms with Crippen LogP contribution in [0.15, 0.2) is 18.5 Å². The Kier molecular flexibility index (Phi) is 2.87. The van der Waals surface area contributed by atoms with Gasteiger partial charge in [-0.15, -0.1) is 0 Å². The molecule has 2 N–H and O–H groups in total. The predicted octanol–water partition coefficient (Wildman–Crippen LogP) is 0.591. The van der Waals surface area contributed by atoms with Crippen LogP contribution in [0.2, 0.25) is 0 Å². The standard InChI is InChI=1S/C16H17FN6O2/c17-12-7-22(8-16(12)1-2-16)11-5-10(21-23-4-3-18-13(11)23)9-6-19-15(25)20-14(9)24/h3-5,9,12H,1-2,6-8H2,(H2,19,20,24,25). The quantitative estimate of drug-likeness (QED) is 0.832. The second kappa shape index (κ2) is 4.90. The van der Waals surface area contributed by atoms with E-state index in [-0.39, 0.29) is 17.9 Å². The Morgan fingerprint density at radius 3 is 2.88 bits per heavy atom. The first-order valence-corrected chi connectivity index (χ1v) is 8.38. The molecule has 8 nitrogen and oxygen atoms in total. The number of imidazole rings is 1. The number of aromatic nitrogens is 3. The summed E-state index contributed by atoms with van der Waals surface area (Å²) in [4.78, 5) is 29.8. The molecule has 0 bridgehead atoms. The number of alkyl halides is 1. The molecule has 2 aromatic rings. The molecule has 3 aliphatic rings. The Hall–Kier alpha value is -2.71. The topological polar surface area (TPSA) is 91.6 Å². The van der Waals surface area contributed by atoms with Gasteiger partial charge < -0.3 is 10.2 Å². The molecule has 1 saturated carbocycles. The number of rotatable bonds is 2. The van der Waals surface area contributed by atoms with Crippen LogP contribution in [-0.2, 0) is 4.79 Å². The van der Waals surface area contributed by atoms with E-state index >= 15 is 0 Å². The minimum Gasteiger partial charge on any atom is -0.365 e. The predicted molar refractivity (Wildman–Crippen MR) is 86.0 cm³/mol. The molecular formula is C16H17FN6O2. The van der Waals surface area contributed by atoms with Crippen molar-refractivity contribution in [1.82, 2.24) is 25.2 Å². The van der Waals surface area contributed by atoms with Crippen molar-refractivity contribution in [2.24, 2.45) is 5.41 Å². The van der Waals surface area contributed by atoms with E-state index in [0.717, 1.165) is 18.5 Å². The first-order chi connectivity index (χ1) is 12.1. The van der Waals surface area contributed by atoms with E-state index in [1.165, 1.54) is 0 Å². The molecule has 25 heavy (non-hydrogen) atoms. The van der Waals surface area contributed by atoms with Crippen LogP contribution in [0.1, 0.15) is 24.5 Å². The molecule has 2 atom stereocenters. The average molecular weight is 344 g/mol. The Labute approximate surface area is 142 Å². The van der Waals surface area contributed by atoms with Gasteiger partial charge in [0.1, 0.15) is 6.17 Å². The van der Waals surface area contributed by atoms with Crippen molar-refractivity contribution in [2.75, 3.05) is 24.5 Å². The van der Waals surface area contributed by atoms with Crippen LogP contribution in [0.3, 0.4) is 0 Å². The van der Waals surface area contributed by atoms with Gasteiger partial charge >= 0.3 is 6.03 Å². The number of amides is 3. The lowest BCUT2D eigenvalue weighted by atomic mass is 10.0. The van der Waals surface area contributed by atoms with Crippen molar-refractivity contribution in [3.8, 4) is 0 Å². The summed E-state index contributed by atoms with van der Waals surface area (Å²) < 4.78 is 16.0. The van der Waals surface area contributed by atoms with Crippen molar-refractivity contribution in [1.29, 1.82) is 0 Å². The highest BCUT2D eigenvalue weighted by Crippen LogP contribution is 2.55. The zero-order chi connectivity index (χ0) is 17.2. The van der Waals surface area contributed by atoms with Gasteiger partial charge in [0.15, 0.2) is 5.65 Å². The zero-order valence-corrected chi connectivity index (χ0v) is 13.4. The smallest absolute Gasteiger partial charge is 0.321 e. The number of fused-ring (bicyclic) bond motifs is 1. The molecule has 2 aromatic heterocycles. The fourth-order valence-corrected chi connectivity index (χ4v) is 3.84. The SMILES string of the molecule is O=C1NCC(c2cc(N3CC(F)C4(CC4)C3)c3nccn3n2)C(=O)N1. The third-order valence-electron chi connectivity index (χ3n) is 5.52. The molecule has 2 aliphatic heterocycles. The van der Waals surface area contributed by atoms with E-state index in [1.807, 2.05) is 4.90 Å². The van der Waals surface area contributed by atoms with Crippen molar-refractivity contribution < 1.29 is 14.0 Å². The van der Waals surface area contributed by atoms with Gasteiger partial charge in [-0.05, 0) is 18.9 Å². The monoisotopic (exact) mass is 344 g/mol. The van der Waals surface area contributed by atoms with Crippen molar-refractivity contribution in [3.05, 3.63) is 24.2 Å². The van der Waals surface area contributed by atoms with E-state index in [1.54, 1.807) is 23.0 Å². The maximum absolute atomic E-state index is 14.4. The largest absolute Gasteiger partial charge is 0.365 e. The van der Waals surface area contributed by atoms with E-state index < -0.39 is 18.1 Å². The molecule has 2 saturated heterocycles. The number of imide groups is 1. The number of hydrogen-bond donors (Lipinski definition) is 2. The summed E-state index contributed by atoms with van der Waals surface area (Å²) in [6, 6.07) is 1.30. The molecule has 3 fully saturated rings. The number of halogens is 1. The number of carbonyl (C=O) groups excluding carboxylic acids is 2. The highest BCUT2D eigenvalue weighted by Gasteiger charge is 2.56. The molecule has 2 unspecified atom stereocenters. The zero-order valence-electron chi connectivity index (χ0n) is 13.4. The second-order valence-electron chi connectivity index (χ2n) is 7.11. The van der Waals surface area contributed by atoms with Gasteiger partial charge in [0.2, 0.25) is 5.91 Å². The van der Waals surface area contributed by atoms with Gasteiger partial charge in [-0.25, -0.2) is 18.7 Å². The Bertz CT molecular complexity index is 892. The number of nitrogens with one attached hydrogen (secondary N) is 2. The van der Waals surface area contributed by atoms with Crippen LogP contribution in [0.25, 0.3) is 5.65 Å². The number of nitrogens with zero attached hydrogens (tertiary/aromatic N) is 4. The van der Waals surface area contributed by atoms with E-state index in [9.17, 15) is 14.0 Å². The van der Waals surface area contributed by atoms with Gasteiger partial charge in [0.05, 0.1) is 17.3 Å². The molecular weight excluding hydrogens is 327 g/mol. The number of hydrogen-bond acceptors (Lipinski definition) is 5. The summed E-state index contributed by atoms with van der Waals surface area (Å²) in [5, 5.41) is 9.33. The van der Waals surface area contributed by atoms with Gasteiger partial charge in [-0.1, -0.05) is 0 Å². The van der Waals surface area contributed by atoms with Crippen molar-refractivity contribution >= 4 is 23.3 Å². The molecule has 3 amide bonds. The molecule has 1 aliphatic carbocycles. The van der Waals surface area contributed by atoms with Gasteiger partial charge in [0.25, 0.3) is 0 Å². The highest BCUT2D eigenvalue weighted by molar-refractivity contribution is 6.00. The summed E-state index contributed by atoms with van der Waals surface area (Å²) in [6.07, 6.45) is 4.34. The Morgan fingerprint density at radius 2 is 2.16 bits per heavy atom. The Balaban J connectivity index is 1.56. The molecule has 0 radical (unpaired) electrons. The van der Waals surface area contributed by atoms with Crippen LogP contribution < -0.4 is 15.5 Å². The summed E-state index contributed by atoms with van der Waals surface area (Å²) in [5.74, 6) is -0.966. The third kappa shape index (κ3) is 2.18. The fourth-order valence-electron chi connectivity index (χ4n) is 3.84. The lowest BCUT2D eigenvalue weighted by Crippen LogP contribution is -2.51. The van der Waals surface area contributed by atoms with Crippen LogP contribution in [0.5, 0.6) is 0 Å². The van der Waals surface area contributed by atoms with Crippen LogP contribution in [0.4, 0.5) is 14.9 Å². The first kappa shape index (κ1) is 14.6. The third-order valence-corrected chi connectivity index (χ3v) is 5.52. The fraction of sp³-hybridized carbons (Fsp3) is 0.500. The number of urea groups is 1. The van der Waals surface area contributed by atoms with E-state index in [0.29, 0.717) is 24.4 Å². The van der Waals surface area contributed by atoms with Gasteiger partial charge in [-0.3, -0.25) is 10.1 Å². The van der Waals surface area contributed by atoms with E-state index in [4.69, 9.17) is 0 Å². The summed E-state index contributed by atoms with van der Waals surface area (Å²) >= 11 is 0. The lowest BCUT2D eigenvalue weighted by molar-refractivity contribution is -0.122. The summed E-state index contributed by atoms with van der Waals surface area (Å²) in [6.45, 7) is 1.18. The molecule has 5 rings (SSSR count). The minimum absolute atomic E-state index is 0.187. The maximum atomic E-state index is 14.4. The minimum atomic E-state index is -0.837. The van der Waals surface area contributed by atoms with Crippen LogP contribution in [0, 0.1) is 5.41 Å². The van der Waals surface area contributed by atoms with Crippen molar-refractivity contribution in [3.63, 3.8) is 0 Å². The molecule has 1 spiro atoms. The molecule has 4 heterocycles. The normalized spacial score (nSPS) is 27.6. The summed E-state index contributed by atoms with van der Waals surface area (Å²) in [5.41, 5.74) is 1.76. The van der Waals surface area contributed by atoms with E-state index in [2.05, 4.69) is 20.7 Å². The Morgan fingerprint density at radius 1 is 1.32 bits per heavy atom. The van der Waals surface area contributed by atoms with Gasteiger partial charge in [0, 0.05) is 37.4 Å². The first-order valence-electron chi connectivity index (χ1n) is 8.38.